The van der Waals surface area contributed by atoms with Crippen molar-refractivity contribution in [3.8, 4) is 17.2 Å². The monoisotopic (exact) mass is 289 g/mol. The zero-order valence-corrected chi connectivity index (χ0v) is 12.5. The van der Waals surface area contributed by atoms with Crippen LogP contribution >= 0.6 is 0 Å². The van der Waals surface area contributed by atoms with Gasteiger partial charge in [-0.1, -0.05) is 18.2 Å². The lowest BCUT2D eigenvalue weighted by molar-refractivity contribution is 0.612. The van der Waals surface area contributed by atoms with E-state index >= 15 is 0 Å². The largest absolute Gasteiger partial charge is 0.367 e. The Morgan fingerprint density at radius 3 is 2.68 bits per heavy atom. The maximum atomic E-state index is 8.91. The summed E-state index contributed by atoms with van der Waals surface area (Å²) in [6.45, 7) is 3.30. The van der Waals surface area contributed by atoms with Crippen LogP contribution in [-0.4, -0.2) is 25.7 Å². The maximum absolute atomic E-state index is 8.91. The molecule has 0 aliphatic carbocycles. The van der Waals surface area contributed by atoms with Crippen molar-refractivity contribution in [3.05, 3.63) is 53.6 Å². The van der Waals surface area contributed by atoms with Crippen LogP contribution in [0, 0.1) is 11.3 Å². The molecule has 0 saturated carbocycles. The molecule has 2 aromatic carbocycles. The van der Waals surface area contributed by atoms with Gasteiger partial charge in [-0.3, -0.25) is 0 Å². The van der Waals surface area contributed by atoms with Gasteiger partial charge in [0.05, 0.1) is 11.6 Å². The maximum Gasteiger partial charge on any atom is 0.0991 e. The van der Waals surface area contributed by atoms with Crippen LogP contribution in [0.3, 0.4) is 0 Å². The van der Waals surface area contributed by atoms with Crippen LogP contribution in [0.15, 0.2) is 42.5 Å². The van der Waals surface area contributed by atoms with Crippen molar-refractivity contribution in [3.63, 3.8) is 0 Å². The molecule has 3 nitrogen and oxygen atoms in total. The molecule has 22 heavy (non-hydrogen) atoms. The number of fused-ring (bicyclic) bond motifs is 3. The highest BCUT2D eigenvalue weighted by molar-refractivity contribution is 5.71. The van der Waals surface area contributed by atoms with Gasteiger partial charge >= 0.3 is 0 Å². The van der Waals surface area contributed by atoms with Crippen molar-refractivity contribution in [2.45, 2.75) is 18.9 Å². The Balaban J connectivity index is 1.67. The lowest BCUT2D eigenvalue weighted by Gasteiger charge is -2.24. The summed E-state index contributed by atoms with van der Waals surface area (Å²) in [4.78, 5) is 2.57. The minimum absolute atomic E-state index is 0.654. The number of nitriles is 1. The summed E-state index contributed by atoms with van der Waals surface area (Å²) in [5, 5.41) is 12.4. The van der Waals surface area contributed by atoms with E-state index < -0.39 is 0 Å². The molecule has 0 radical (unpaired) electrons. The van der Waals surface area contributed by atoms with Crippen LogP contribution in [0.5, 0.6) is 0 Å². The van der Waals surface area contributed by atoms with Gasteiger partial charge in [0.1, 0.15) is 0 Å². The second kappa shape index (κ2) is 5.47. The molecule has 1 unspecified atom stereocenters. The Morgan fingerprint density at radius 1 is 1.05 bits per heavy atom. The quantitative estimate of drug-likeness (QED) is 0.877. The van der Waals surface area contributed by atoms with Crippen LogP contribution < -0.4 is 10.2 Å². The molecule has 2 aliphatic heterocycles. The Kier molecular flexibility index (Phi) is 3.32. The van der Waals surface area contributed by atoms with Gasteiger partial charge < -0.3 is 10.2 Å². The van der Waals surface area contributed by atoms with Crippen LogP contribution in [-0.2, 0) is 6.42 Å². The molecule has 1 saturated heterocycles. The first-order chi connectivity index (χ1) is 10.8. The van der Waals surface area contributed by atoms with Gasteiger partial charge in [0.25, 0.3) is 0 Å². The van der Waals surface area contributed by atoms with E-state index in [0.29, 0.717) is 11.6 Å². The number of nitrogens with one attached hydrogen (secondary N) is 1. The number of anilines is 1. The fourth-order valence-corrected chi connectivity index (χ4v) is 3.66. The number of hydrogen-bond acceptors (Lipinski definition) is 3. The highest BCUT2D eigenvalue weighted by atomic mass is 15.2. The summed E-state index contributed by atoms with van der Waals surface area (Å²) in [6.07, 6.45) is 2.38. The molecular weight excluding hydrogens is 270 g/mol. The molecule has 0 amide bonds. The van der Waals surface area contributed by atoms with E-state index in [1.54, 1.807) is 0 Å². The highest BCUT2D eigenvalue weighted by Gasteiger charge is 2.29. The molecule has 0 bridgehead atoms. The van der Waals surface area contributed by atoms with E-state index in [-0.39, 0.29) is 0 Å². The third-order valence-corrected chi connectivity index (χ3v) is 4.82. The van der Waals surface area contributed by atoms with Gasteiger partial charge in [-0.25, -0.2) is 0 Å². The minimum Gasteiger partial charge on any atom is -0.367 e. The molecule has 2 heterocycles. The van der Waals surface area contributed by atoms with Crippen molar-refractivity contribution in [2.75, 3.05) is 24.5 Å². The normalized spacial score (nSPS) is 20.0. The summed E-state index contributed by atoms with van der Waals surface area (Å²) in [6, 6.07) is 17.5. The van der Waals surface area contributed by atoms with Crippen molar-refractivity contribution in [2.24, 2.45) is 0 Å². The molecule has 4 rings (SSSR count). The zero-order valence-electron chi connectivity index (χ0n) is 12.5. The molecule has 0 spiro atoms. The number of nitrogens with zero attached hydrogens (tertiary/aromatic N) is 2. The van der Waals surface area contributed by atoms with Gasteiger partial charge in [-0.2, -0.15) is 5.26 Å². The summed E-state index contributed by atoms with van der Waals surface area (Å²) in [5.74, 6) is 0. The average Bonchev–Trinajstić information content (AvgIpc) is 2.75. The topological polar surface area (TPSA) is 39.1 Å². The van der Waals surface area contributed by atoms with Gasteiger partial charge in [0.15, 0.2) is 0 Å². The number of hydrogen-bond donors (Lipinski definition) is 1. The highest BCUT2D eigenvalue weighted by Crippen LogP contribution is 2.36. The Hall–Kier alpha value is -2.31. The predicted molar refractivity (Wildman–Crippen MR) is 88.9 cm³/mol. The summed E-state index contributed by atoms with van der Waals surface area (Å²) < 4.78 is 0. The fourth-order valence-electron chi connectivity index (χ4n) is 3.66. The third-order valence-electron chi connectivity index (χ3n) is 4.82. The molecular formula is C19H19N3. The van der Waals surface area contributed by atoms with Crippen LogP contribution in [0.25, 0.3) is 11.1 Å². The Labute approximate surface area is 131 Å². The molecule has 2 aliphatic rings. The molecule has 2 aromatic rings. The lowest BCUT2D eigenvalue weighted by atomic mass is 10.00. The van der Waals surface area contributed by atoms with Crippen molar-refractivity contribution in [1.29, 1.82) is 5.26 Å². The second-order valence-electron chi connectivity index (χ2n) is 6.12. The third kappa shape index (κ3) is 2.26. The van der Waals surface area contributed by atoms with E-state index in [0.717, 1.165) is 26.1 Å². The number of rotatable bonds is 1. The van der Waals surface area contributed by atoms with Gasteiger partial charge in [0.2, 0.25) is 0 Å². The Bertz CT molecular complexity index is 727. The van der Waals surface area contributed by atoms with Crippen molar-refractivity contribution in [1.82, 2.24) is 5.32 Å². The first-order valence-electron chi connectivity index (χ1n) is 7.96. The van der Waals surface area contributed by atoms with Gasteiger partial charge in [-0.05, 0) is 60.3 Å². The zero-order chi connectivity index (χ0) is 14.9. The second-order valence-corrected chi connectivity index (χ2v) is 6.12. The van der Waals surface area contributed by atoms with Gasteiger partial charge in [-0.15, -0.1) is 0 Å². The minimum atomic E-state index is 0.654. The van der Waals surface area contributed by atoms with E-state index in [9.17, 15) is 0 Å². The molecule has 1 N–H and O–H groups in total. The lowest BCUT2D eigenvalue weighted by Crippen LogP contribution is -2.32. The van der Waals surface area contributed by atoms with E-state index in [1.165, 1.54) is 28.8 Å². The average molecular weight is 289 g/mol. The molecule has 1 fully saturated rings. The Morgan fingerprint density at radius 2 is 1.86 bits per heavy atom. The van der Waals surface area contributed by atoms with Crippen molar-refractivity contribution < 1.29 is 0 Å². The predicted octanol–water partition coefficient (Wildman–Crippen LogP) is 2.95. The first-order valence-corrected chi connectivity index (χ1v) is 7.96. The molecule has 0 aromatic heterocycles. The van der Waals surface area contributed by atoms with Crippen LogP contribution in [0.1, 0.15) is 17.5 Å². The summed E-state index contributed by atoms with van der Waals surface area (Å²) >= 11 is 0. The SMILES string of the molecule is N#Cc1ccc(-c2ccc3c(c2)CC2CCNCCN32)cc1. The van der Waals surface area contributed by atoms with Crippen molar-refractivity contribution >= 4 is 5.69 Å². The van der Waals surface area contributed by atoms with E-state index in [4.69, 9.17) is 5.26 Å². The first kappa shape index (κ1) is 13.4. The van der Waals surface area contributed by atoms with Crippen LogP contribution in [0.4, 0.5) is 5.69 Å². The van der Waals surface area contributed by atoms with Gasteiger partial charge in [0, 0.05) is 24.8 Å². The molecule has 1 atom stereocenters. The molecule has 110 valence electrons. The smallest absolute Gasteiger partial charge is 0.0991 e. The van der Waals surface area contributed by atoms with E-state index in [1.807, 2.05) is 24.3 Å². The fraction of sp³-hybridized carbons (Fsp3) is 0.316. The van der Waals surface area contributed by atoms with Crippen LogP contribution in [0.2, 0.25) is 0 Å². The standard InChI is InChI=1S/C19H19N3/c20-13-14-1-3-15(4-2-14)16-5-6-19-17(11-16)12-18-7-8-21-9-10-22(18)19/h1-6,11,18,21H,7-10,12H2. The number of benzene rings is 2. The molecule has 3 heteroatoms. The summed E-state index contributed by atoms with van der Waals surface area (Å²) in [7, 11) is 0. The summed E-state index contributed by atoms with van der Waals surface area (Å²) in [5.41, 5.74) is 6.02. The van der Waals surface area contributed by atoms with E-state index in [2.05, 4.69) is 34.5 Å².